The monoisotopic (exact) mass is 288 g/mol. The number of para-hydroxylation sites is 1. The Morgan fingerprint density at radius 2 is 1.59 bits per heavy atom. The zero-order chi connectivity index (χ0) is 15.5. The van der Waals surface area contributed by atoms with Crippen molar-refractivity contribution < 1.29 is 4.58 Å². The predicted octanol–water partition coefficient (Wildman–Crippen LogP) is 3.75. The van der Waals surface area contributed by atoms with Gasteiger partial charge in [0.25, 0.3) is 5.70 Å². The van der Waals surface area contributed by atoms with Crippen LogP contribution in [0.3, 0.4) is 0 Å². The van der Waals surface area contributed by atoms with E-state index in [-0.39, 0.29) is 0 Å². The average molecular weight is 288 g/mol. The summed E-state index contributed by atoms with van der Waals surface area (Å²) in [7, 11) is 2.04. The third-order valence-electron chi connectivity index (χ3n) is 3.93. The zero-order valence-electron chi connectivity index (χ0n) is 12.8. The van der Waals surface area contributed by atoms with Crippen LogP contribution >= 0.6 is 0 Å². The molecule has 1 aliphatic rings. The lowest BCUT2D eigenvalue weighted by Gasteiger charge is -2.28. The maximum Gasteiger partial charge on any atom is 0.275 e. The number of nitrogens with zero attached hydrogens (tertiary/aromatic N) is 3. The Kier molecular flexibility index (Phi) is 3.76. The summed E-state index contributed by atoms with van der Waals surface area (Å²) in [6, 6.07) is 20.3. The van der Waals surface area contributed by atoms with Crippen LogP contribution < -0.4 is 4.90 Å². The van der Waals surface area contributed by atoms with Crippen LogP contribution in [0.2, 0.25) is 0 Å². The average Bonchev–Trinajstić information content (AvgIpc) is 2.57. The van der Waals surface area contributed by atoms with Crippen molar-refractivity contribution in [3.8, 4) is 0 Å². The second-order valence-electron chi connectivity index (χ2n) is 5.36. The molecule has 0 saturated carbocycles. The van der Waals surface area contributed by atoms with E-state index in [1.54, 1.807) is 0 Å². The van der Waals surface area contributed by atoms with Gasteiger partial charge in [0.15, 0.2) is 0 Å². The molecule has 1 aliphatic heterocycles. The molecule has 0 unspecified atom stereocenters. The Morgan fingerprint density at radius 3 is 2.18 bits per heavy atom. The van der Waals surface area contributed by atoms with Crippen molar-refractivity contribution in [2.24, 2.45) is 0 Å². The fraction of sp³-hybridized carbons (Fsp3) is 0.158. The molecule has 3 nitrogen and oxygen atoms in total. The smallest absolute Gasteiger partial charge is 0.275 e. The molecule has 1 heterocycles. The van der Waals surface area contributed by atoms with Gasteiger partial charge in [-0.15, -0.1) is 0 Å². The van der Waals surface area contributed by atoms with Crippen molar-refractivity contribution in [2.45, 2.75) is 6.92 Å². The molecular formula is C19H18N3+. The number of anilines is 1. The largest absolute Gasteiger partial charge is 0.300 e. The van der Waals surface area contributed by atoms with Crippen molar-refractivity contribution in [3.63, 3.8) is 0 Å². The van der Waals surface area contributed by atoms with Gasteiger partial charge in [-0.1, -0.05) is 36.4 Å². The summed E-state index contributed by atoms with van der Waals surface area (Å²) < 4.78 is 2.14. The van der Waals surface area contributed by atoms with Crippen LogP contribution in [0.1, 0.15) is 12.5 Å². The fourth-order valence-electron chi connectivity index (χ4n) is 2.84. The van der Waals surface area contributed by atoms with Gasteiger partial charge < -0.3 is 0 Å². The van der Waals surface area contributed by atoms with Gasteiger partial charge >= 0.3 is 0 Å². The summed E-state index contributed by atoms with van der Waals surface area (Å²) in [4.78, 5) is 6.00. The first kappa shape index (κ1) is 14.1. The Balaban J connectivity index is 2.11. The van der Waals surface area contributed by atoms with E-state index in [0.29, 0.717) is 5.70 Å². The first-order valence-corrected chi connectivity index (χ1v) is 7.27. The SMILES string of the molecule is [C-]#[N+]C1=C(C)N(c2ccccc2)C[N+](C)=C1c1ccccc1. The first-order chi connectivity index (χ1) is 10.7. The Bertz CT molecular complexity index is 780. The van der Waals surface area contributed by atoms with Crippen LogP contribution in [0.4, 0.5) is 5.69 Å². The molecule has 2 aromatic rings. The minimum Gasteiger partial charge on any atom is -0.300 e. The van der Waals surface area contributed by atoms with Crippen LogP contribution in [0, 0.1) is 6.57 Å². The fourth-order valence-corrected chi connectivity index (χ4v) is 2.84. The molecule has 0 atom stereocenters. The first-order valence-electron chi connectivity index (χ1n) is 7.27. The van der Waals surface area contributed by atoms with E-state index in [9.17, 15) is 0 Å². The molecule has 0 aromatic heterocycles. The van der Waals surface area contributed by atoms with E-state index in [4.69, 9.17) is 6.57 Å². The maximum absolute atomic E-state index is 7.64. The quantitative estimate of drug-likeness (QED) is 0.605. The summed E-state index contributed by atoms with van der Waals surface area (Å²) in [5, 5.41) is 0. The summed E-state index contributed by atoms with van der Waals surface area (Å²) in [6.07, 6.45) is 0. The minimum absolute atomic E-state index is 0.712. The molecule has 0 bridgehead atoms. The molecule has 0 aliphatic carbocycles. The molecule has 108 valence electrons. The molecule has 3 heteroatoms. The molecule has 0 radical (unpaired) electrons. The van der Waals surface area contributed by atoms with Gasteiger partial charge in [-0.25, -0.2) is 9.42 Å². The molecule has 2 aromatic carbocycles. The van der Waals surface area contributed by atoms with Gasteiger partial charge in [0.2, 0.25) is 12.4 Å². The van der Waals surface area contributed by atoms with E-state index in [0.717, 1.165) is 29.3 Å². The third-order valence-corrected chi connectivity index (χ3v) is 3.93. The lowest BCUT2D eigenvalue weighted by molar-refractivity contribution is -0.496. The lowest BCUT2D eigenvalue weighted by atomic mass is 10.0. The maximum atomic E-state index is 7.64. The summed E-state index contributed by atoms with van der Waals surface area (Å²) in [5.74, 6) is 0. The standard InChI is InChI=1S/C19H18N3/c1-15-18(20-2)19(16-10-6-4-7-11-16)21(3)14-22(15)17-12-8-5-9-13-17/h4-13H,14H2,1,3H3/q+1. The highest BCUT2D eigenvalue weighted by Gasteiger charge is 2.31. The molecule has 0 saturated heterocycles. The van der Waals surface area contributed by atoms with Gasteiger partial charge in [-0.05, 0) is 31.2 Å². The van der Waals surface area contributed by atoms with Crippen LogP contribution in [0.25, 0.3) is 4.85 Å². The van der Waals surface area contributed by atoms with Crippen LogP contribution in [0.15, 0.2) is 72.1 Å². The minimum atomic E-state index is 0.712. The Labute approximate surface area is 131 Å². The molecule has 3 rings (SSSR count). The summed E-state index contributed by atoms with van der Waals surface area (Å²) in [5.41, 5.74) is 4.91. The highest BCUT2D eigenvalue weighted by molar-refractivity contribution is 6.11. The molecule has 0 N–H and O–H groups in total. The van der Waals surface area contributed by atoms with Gasteiger partial charge in [0.05, 0.1) is 6.57 Å². The van der Waals surface area contributed by atoms with Crippen molar-refractivity contribution in [2.75, 3.05) is 18.6 Å². The second kappa shape index (κ2) is 5.87. The molecule has 0 fully saturated rings. The van der Waals surface area contributed by atoms with Crippen molar-refractivity contribution >= 4 is 11.4 Å². The van der Waals surface area contributed by atoms with Gasteiger partial charge in [-0.2, -0.15) is 0 Å². The van der Waals surface area contributed by atoms with E-state index >= 15 is 0 Å². The number of benzene rings is 2. The van der Waals surface area contributed by atoms with E-state index in [1.807, 2.05) is 50.4 Å². The zero-order valence-corrected chi connectivity index (χ0v) is 12.8. The molecular weight excluding hydrogens is 270 g/mol. The van der Waals surface area contributed by atoms with Crippen LogP contribution in [0.5, 0.6) is 0 Å². The van der Waals surface area contributed by atoms with Crippen LogP contribution in [-0.2, 0) is 0 Å². The summed E-state index contributed by atoms with van der Waals surface area (Å²) >= 11 is 0. The highest BCUT2D eigenvalue weighted by atomic mass is 15.3. The topological polar surface area (TPSA) is 10.6 Å². The Morgan fingerprint density at radius 1 is 1.00 bits per heavy atom. The van der Waals surface area contributed by atoms with E-state index < -0.39 is 0 Å². The summed E-state index contributed by atoms with van der Waals surface area (Å²) in [6.45, 7) is 10.4. The molecule has 0 spiro atoms. The van der Waals surface area contributed by atoms with Crippen molar-refractivity contribution in [3.05, 3.63) is 89.0 Å². The van der Waals surface area contributed by atoms with Gasteiger partial charge in [0.1, 0.15) is 7.05 Å². The number of allylic oxidation sites excluding steroid dienone is 2. The molecule has 22 heavy (non-hydrogen) atoms. The van der Waals surface area contributed by atoms with Crippen molar-refractivity contribution in [1.29, 1.82) is 0 Å². The van der Waals surface area contributed by atoms with Gasteiger partial charge in [0, 0.05) is 16.9 Å². The van der Waals surface area contributed by atoms with Gasteiger partial charge in [-0.3, -0.25) is 4.90 Å². The van der Waals surface area contributed by atoms with E-state index in [1.165, 1.54) is 0 Å². The molecule has 0 amide bonds. The third kappa shape index (κ3) is 2.40. The number of rotatable bonds is 2. The second-order valence-corrected chi connectivity index (χ2v) is 5.36. The normalized spacial score (nSPS) is 15.0. The number of hydrogen-bond acceptors (Lipinski definition) is 1. The predicted molar refractivity (Wildman–Crippen MR) is 89.8 cm³/mol. The highest BCUT2D eigenvalue weighted by Crippen LogP contribution is 2.26. The number of hydrogen-bond donors (Lipinski definition) is 0. The van der Waals surface area contributed by atoms with Crippen molar-refractivity contribution in [1.82, 2.24) is 0 Å². The Hall–Kier alpha value is -2.86. The lowest BCUT2D eigenvalue weighted by Crippen LogP contribution is -2.39. The van der Waals surface area contributed by atoms with Crippen LogP contribution in [-0.4, -0.2) is 24.0 Å². The van der Waals surface area contributed by atoms with E-state index in [2.05, 4.69) is 38.6 Å².